The van der Waals surface area contributed by atoms with E-state index in [1.54, 1.807) is 6.92 Å². The number of hydrogen-bond donors (Lipinski definition) is 2. The van der Waals surface area contributed by atoms with Crippen LogP contribution in [0.2, 0.25) is 0 Å². The van der Waals surface area contributed by atoms with E-state index in [-0.39, 0.29) is 17.9 Å². The molecule has 0 aromatic carbocycles. The molecule has 3 rings (SSSR count). The number of piperidine rings is 1. The fourth-order valence-electron chi connectivity index (χ4n) is 4.49. The molecule has 3 heterocycles. The smallest absolute Gasteiger partial charge is 0.237 e. The summed E-state index contributed by atoms with van der Waals surface area (Å²) in [7, 11) is 0. The van der Waals surface area contributed by atoms with Crippen molar-refractivity contribution in [1.82, 2.24) is 15.1 Å². The highest BCUT2D eigenvalue weighted by Crippen LogP contribution is 2.43. The van der Waals surface area contributed by atoms with Gasteiger partial charge in [0.2, 0.25) is 11.8 Å². The molecule has 6 heteroatoms. The molecule has 3 atom stereocenters. The van der Waals surface area contributed by atoms with Crippen molar-refractivity contribution < 1.29 is 9.59 Å². The first-order valence-electron chi connectivity index (χ1n) is 8.39. The van der Waals surface area contributed by atoms with Crippen LogP contribution in [0.3, 0.4) is 0 Å². The van der Waals surface area contributed by atoms with Gasteiger partial charge in [-0.05, 0) is 38.5 Å². The molecule has 3 saturated heterocycles. The van der Waals surface area contributed by atoms with Gasteiger partial charge in [0, 0.05) is 45.2 Å². The summed E-state index contributed by atoms with van der Waals surface area (Å²) in [5, 5.41) is 2.99. The monoisotopic (exact) mass is 307 g/mol. The van der Waals surface area contributed by atoms with Crippen LogP contribution >= 0.6 is 0 Å². The summed E-state index contributed by atoms with van der Waals surface area (Å²) < 4.78 is 0. The zero-order valence-electron chi connectivity index (χ0n) is 13.4. The van der Waals surface area contributed by atoms with Crippen LogP contribution in [0.5, 0.6) is 0 Å². The SMILES string of the molecule is CC(=O)N[C@H]1CCN(CCN2[C@@H]3C[CH]C[C@@]2(C(N)=O)CC3)C1. The van der Waals surface area contributed by atoms with Crippen molar-refractivity contribution in [2.45, 2.75) is 56.7 Å². The standard InChI is InChI=1S/C16H27N4O2/c1-12(21)18-13-5-8-19(11-13)9-10-20-14-3-2-6-16(20,7-4-14)15(17)22/h2,13-14H,3-11H2,1H3,(H2,17,22)(H,18,21)/t13-,14+,16-/m0/s1. The lowest BCUT2D eigenvalue weighted by Crippen LogP contribution is -2.59. The minimum absolute atomic E-state index is 0.0455. The number of hydrogen-bond acceptors (Lipinski definition) is 4. The lowest BCUT2D eigenvalue weighted by Gasteiger charge is -2.43. The Morgan fingerprint density at radius 1 is 1.36 bits per heavy atom. The summed E-state index contributed by atoms with van der Waals surface area (Å²) in [4.78, 5) is 27.9. The lowest BCUT2D eigenvalue weighted by atomic mass is 9.87. The number of likely N-dealkylation sites (tertiary alicyclic amines) is 1. The van der Waals surface area contributed by atoms with Crippen LogP contribution in [0.1, 0.15) is 39.0 Å². The number of amides is 2. The molecule has 3 aliphatic rings. The number of nitrogens with two attached hydrogens (primary N) is 1. The minimum atomic E-state index is -0.431. The number of carbonyl (C=O) groups is 2. The Morgan fingerprint density at radius 3 is 2.91 bits per heavy atom. The lowest BCUT2D eigenvalue weighted by molar-refractivity contribution is -0.130. The molecule has 3 fully saturated rings. The van der Waals surface area contributed by atoms with Gasteiger partial charge in [0.1, 0.15) is 5.54 Å². The number of nitrogens with zero attached hydrogens (tertiary/aromatic N) is 2. The molecule has 6 nitrogen and oxygen atoms in total. The first-order chi connectivity index (χ1) is 10.5. The third kappa shape index (κ3) is 2.86. The van der Waals surface area contributed by atoms with Gasteiger partial charge in [-0.2, -0.15) is 0 Å². The van der Waals surface area contributed by atoms with Gasteiger partial charge in [-0.3, -0.25) is 19.4 Å². The zero-order chi connectivity index (χ0) is 15.7. The fourth-order valence-corrected chi connectivity index (χ4v) is 4.49. The Bertz CT molecular complexity index is 451. The van der Waals surface area contributed by atoms with Crippen molar-refractivity contribution in [3.8, 4) is 0 Å². The highest BCUT2D eigenvalue weighted by atomic mass is 16.2. The number of nitrogens with one attached hydrogen (secondary N) is 1. The fraction of sp³-hybridized carbons (Fsp3) is 0.812. The molecule has 3 N–H and O–H groups in total. The van der Waals surface area contributed by atoms with Crippen molar-refractivity contribution >= 4 is 11.8 Å². The molecule has 0 saturated carbocycles. The normalized spacial score (nSPS) is 35.7. The molecule has 0 aromatic heterocycles. The zero-order valence-corrected chi connectivity index (χ0v) is 13.4. The van der Waals surface area contributed by atoms with E-state index in [2.05, 4.69) is 21.5 Å². The Labute approximate surface area is 132 Å². The molecular formula is C16H27N4O2. The quantitative estimate of drug-likeness (QED) is 0.742. The number of rotatable bonds is 5. The molecule has 2 bridgehead atoms. The summed E-state index contributed by atoms with van der Waals surface area (Å²) in [6.45, 7) is 5.34. The largest absolute Gasteiger partial charge is 0.368 e. The van der Waals surface area contributed by atoms with Gasteiger partial charge in [-0.25, -0.2) is 0 Å². The van der Waals surface area contributed by atoms with E-state index in [1.807, 2.05) is 0 Å². The van der Waals surface area contributed by atoms with Gasteiger partial charge in [0.25, 0.3) is 0 Å². The molecule has 2 amide bonds. The highest BCUT2D eigenvalue weighted by Gasteiger charge is 2.52. The minimum Gasteiger partial charge on any atom is -0.368 e. The molecule has 22 heavy (non-hydrogen) atoms. The second-order valence-electron chi connectivity index (χ2n) is 7.00. The third-order valence-electron chi connectivity index (χ3n) is 5.60. The van der Waals surface area contributed by atoms with Gasteiger partial charge in [0.15, 0.2) is 0 Å². The van der Waals surface area contributed by atoms with E-state index in [9.17, 15) is 9.59 Å². The van der Waals surface area contributed by atoms with Crippen LogP contribution in [0, 0.1) is 6.42 Å². The van der Waals surface area contributed by atoms with Crippen molar-refractivity contribution in [2.75, 3.05) is 26.2 Å². The van der Waals surface area contributed by atoms with Crippen molar-refractivity contribution in [1.29, 1.82) is 0 Å². The van der Waals surface area contributed by atoms with Crippen LogP contribution in [0.4, 0.5) is 0 Å². The van der Waals surface area contributed by atoms with Gasteiger partial charge in [0.05, 0.1) is 0 Å². The average Bonchev–Trinajstić information content (AvgIpc) is 2.96. The maximum absolute atomic E-state index is 12.0. The van der Waals surface area contributed by atoms with E-state index in [1.165, 1.54) is 0 Å². The molecule has 123 valence electrons. The number of fused-ring (bicyclic) bond motifs is 2. The van der Waals surface area contributed by atoms with E-state index in [0.29, 0.717) is 6.04 Å². The van der Waals surface area contributed by atoms with Crippen LogP contribution in [-0.2, 0) is 9.59 Å². The number of primary amides is 1. The topological polar surface area (TPSA) is 78.7 Å². The third-order valence-corrected chi connectivity index (χ3v) is 5.60. The first-order valence-corrected chi connectivity index (χ1v) is 8.39. The van der Waals surface area contributed by atoms with Crippen LogP contribution < -0.4 is 11.1 Å². The molecule has 0 spiro atoms. The second kappa shape index (κ2) is 6.16. The van der Waals surface area contributed by atoms with Crippen molar-refractivity contribution in [2.24, 2.45) is 5.73 Å². The average molecular weight is 307 g/mol. The first kappa shape index (κ1) is 15.7. The van der Waals surface area contributed by atoms with E-state index in [0.717, 1.165) is 58.3 Å². The Kier molecular flexibility index (Phi) is 4.41. The van der Waals surface area contributed by atoms with Crippen molar-refractivity contribution in [3.63, 3.8) is 0 Å². The predicted molar refractivity (Wildman–Crippen MR) is 83.8 cm³/mol. The van der Waals surface area contributed by atoms with Crippen LogP contribution in [-0.4, -0.2) is 65.4 Å². The molecule has 3 aliphatic heterocycles. The van der Waals surface area contributed by atoms with Crippen LogP contribution in [0.15, 0.2) is 0 Å². The molecule has 0 aromatic rings. The Balaban J connectivity index is 1.55. The van der Waals surface area contributed by atoms with E-state index < -0.39 is 5.54 Å². The second-order valence-corrected chi connectivity index (χ2v) is 7.00. The number of carbonyl (C=O) groups excluding carboxylic acids is 2. The van der Waals surface area contributed by atoms with Crippen molar-refractivity contribution in [3.05, 3.63) is 6.42 Å². The van der Waals surface area contributed by atoms with E-state index >= 15 is 0 Å². The summed E-state index contributed by atoms with van der Waals surface area (Å²) >= 11 is 0. The highest BCUT2D eigenvalue weighted by molar-refractivity contribution is 5.85. The Hall–Kier alpha value is -1.14. The summed E-state index contributed by atoms with van der Waals surface area (Å²) in [6, 6.07) is 0.754. The molecule has 0 aliphatic carbocycles. The summed E-state index contributed by atoms with van der Waals surface area (Å²) in [6.07, 6.45) is 7.10. The van der Waals surface area contributed by atoms with Gasteiger partial charge >= 0.3 is 0 Å². The molecule has 0 unspecified atom stereocenters. The predicted octanol–water partition coefficient (Wildman–Crippen LogP) is -0.117. The molecular weight excluding hydrogens is 280 g/mol. The van der Waals surface area contributed by atoms with Gasteiger partial charge in [-0.15, -0.1) is 0 Å². The molecule has 1 radical (unpaired) electrons. The van der Waals surface area contributed by atoms with E-state index in [4.69, 9.17) is 5.73 Å². The maximum Gasteiger partial charge on any atom is 0.237 e. The van der Waals surface area contributed by atoms with Gasteiger partial charge < -0.3 is 11.1 Å². The van der Waals surface area contributed by atoms with Gasteiger partial charge in [-0.1, -0.05) is 0 Å². The van der Waals surface area contributed by atoms with Crippen LogP contribution in [0.25, 0.3) is 0 Å². The maximum atomic E-state index is 12.0. The Morgan fingerprint density at radius 2 is 2.18 bits per heavy atom. The summed E-state index contributed by atoms with van der Waals surface area (Å²) in [5.74, 6) is -0.118. The summed E-state index contributed by atoms with van der Waals surface area (Å²) in [5.41, 5.74) is 5.30.